The Balaban J connectivity index is 1.17. The molecule has 11 aromatic rings. The first kappa shape index (κ1) is 26.4. The van der Waals surface area contributed by atoms with E-state index < -0.39 is 0 Å². The molecule has 2 heterocycles. The maximum absolute atomic E-state index is 4.98. The molecule has 0 radical (unpaired) electrons. The van der Waals surface area contributed by atoms with E-state index in [1.54, 1.807) is 0 Å². The standard InChI is InChI=1S/C45H26N4/c1-3-10-29(11-4-1)43-46-44(30-12-5-2-6-13-30)48-45(47-43)31-20-23-33(24-21-31)49-37-25-22-28-19-18-27-15-9-17-35-36-26-32-14-7-8-16-34(32)42(49)40(36)41(37)39(28)38(27)35/h1-26H. The zero-order chi connectivity index (χ0) is 32.1. The molecule has 49 heavy (non-hydrogen) atoms. The molecule has 0 unspecified atom stereocenters. The Kier molecular flexibility index (Phi) is 5.35. The van der Waals surface area contributed by atoms with Crippen molar-refractivity contribution in [1.29, 1.82) is 0 Å². The molecule has 226 valence electrons. The molecular weight excluding hydrogens is 597 g/mol. The minimum atomic E-state index is 0.649. The highest BCUT2D eigenvalue weighted by Crippen LogP contribution is 2.49. The van der Waals surface area contributed by atoms with Gasteiger partial charge in [0.15, 0.2) is 17.5 Å². The molecule has 11 rings (SSSR count). The van der Waals surface area contributed by atoms with Crippen LogP contribution in [0, 0.1) is 0 Å². The van der Waals surface area contributed by atoms with Crippen LogP contribution >= 0.6 is 0 Å². The van der Waals surface area contributed by atoms with Crippen molar-refractivity contribution in [3.63, 3.8) is 0 Å². The fraction of sp³-hybridized carbons (Fsp3) is 0. The van der Waals surface area contributed by atoms with Crippen molar-refractivity contribution in [3.05, 3.63) is 158 Å². The molecule has 0 bridgehead atoms. The summed E-state index contributed by atoms with van der Waals surface area (Å²) in [5.74, 6) is 1.97. The monoisotopic (exact) mass is 622 g/mol. The predicted molar refractivity (Wildman–Crippen MR) is 203 cm³/mol. The number of hydrogen-bond acceptors (Lipinski definition) is 3. The highest BCUT2D eigenvalue weighted by atomic mass is 15.0. The average molecular weight is 623 g/mol. The van der Waals surface area contributed by atoms with Gasteiger partial charge in [0.2, 0.25) is 0 Å². The van der Waals surface area contributed by atoms with Gasteiger partial charge < -0.3 is 4.57 Å². The summed E-state index contributed by atoms with van der Waals surface area (Å²) >= 11 is 0. The largest absolute Gasteiger partial charge is 0.309 e. The molecule has 0 N–H and O–H groups in total. The molecule has 2 aromatic heterocycles. The summed E-state index contributed by atoms with van der Waals surface area (Å²) in [4.78, 5) is 14.8. The molecule has 0 aliphatic rings. The van der Waals surface area contributed by atoms with E-state index in [9.17, 15) is 0 Å². The molecule has 0 saturated carbocycles. The Morgan fingerprint density at radius 1 is 0.347 bits per heavy atom. The van der Waals surface area contributed by atoms with Crippen LogP contribution < -0.4 is 0 Å². The number of nitrogens with zero attached hydrogens (tertiary/aromatic N) is 4. The molecule has 0 spiro atoms. The zero-order valence-electron chi connectivity index (χ0n) is 26.3. The van der Waals surface area contributed by atoms with Crippen LogP contribution in [0.3, 0.4) is 0 Å². The van der Waals surface area contributed by atoms with Gasteiger partial charge in [-0.1, -0.05) is 121 Å². The lowest BCUT2D eigenvalue weighted by molar-refractivity contribution is 1.07. The van der Waals surface area contributed by atoms with E-state index >= 15 is 0 Å². The quantitative estimate of drug-likeness (QED) is 0.145. The lowest BCUT2D eigenvalue weighted by Crippen LogP contribution is -2.00. The average Bonchev–Trinajstić information content (AvgIpc) is 3.54. The number of fused-ring (bicyclic) bond motifs is 3. The second-order valence-corrected chi connectivity index (χ2v) is 12.8. The van der Waals surface area contributed by atoms with Gasteiger partial charge in [0, 0.05) is 43.9 Å². The Morgan fingerprint density at radius 2 is 0.898 bits per heavy atom. The zero-order valence-corrected chi connectivity index (χ0v) is 26.3. The summed E-state index contributed by atoms with van der Waals surface area (Å²) in [6.45, 7) is 0. The van der Waals surface area contributed by atoms with E-state index in [2.05, 4.69) is 102 Å². The third kappa shape index (κ3) is 3.77. The summed E-state index contributed by atoms with van der Waals surface area (Å²) in [7, 11) is 0. The maximum Gasteiger partial charge on any atom is 0.164 e. The first-order valence-corrected chi connectivity index (χ1v) is 16.6. The summed E-state index contributed by atoms with van der Waals surface area (Å²) in [5, 5.41) is 13.0. The van der Waals surface area contributed by atoms with Crippen LogP contribution in [0.15, 0.2) is 158 Å². The molecule has 0 aliphatic heterocycles. The first-order chi connectivity index (χ1) is 24.3. The van der Waals surface area contributed by atoms with Crippen molar-refractivity contribution >= 4 is 64.9 Å². The van der Waals surface area contributed by atoms with E-state index in [-0.39, 0.29) is 0 Å². The van der Waals surface area contributed by atoms with E-state index in [1.807, 2.05) is 60.7 Å². The number of benzene rings is 9. The maximum atomic E-state index is 4.98. The smallest absolute Gasteiger partial charge is 0.164 e. The van der Waals surface area contributed by atoms with E-state index in [0.717, 1.165) is 22.4 Å². The van der Waals surface area contributed by atoms with Crippen LogP contribution in [-0.2, 0) is 0 Å². The van der Waals surface area contributed by atoms with E-state index in [4.69, 9.17) is 15.0 Å². The topological polar surface area (TPSA) is 43.6 Å². The van der Waals surface area contributed by atoms with Crippen LogP contribution in [0.5, 0.6) is 0 Å². The minimum absolute atomic E-state index is 0.649. The van der Waals surface area contributed by atoms with Crippen molar-refractivity contribution in [1.82, 2.24) is 19.5 Å². The van der Waals surface area contributed by atoms with Crippen LogP contribution in [0.25, 0.3) is 105 Å². The van der Waals surface area contributed by atoms with Gasteiger partial charge in [0.25, 0.3) is 0 Å². The highest BCUT2D eigenvalue weighted by molar-refractivity contribution is 6.42. The molecule has 4 heteroatoms. The van der Waals surface area contributed by atoms with E-state index in [0.29, 0.717) is 17.5 Å². The summed E-state index contributed by atoms with van der Waals surface area (Å²) in [6, 6.07) is 56.0. The molecule has 0 atom stereocenters. The molecular formula is C45H26N4. The second kappa shape index (κ2) is 9.93. The second-order valence-electron chi connectivity index (χ2n) is 12.8. The summed E-state index contributed by atoms with van der Waals surface area (Å²) in [5.41, 5.74) is 6.42. The minimum Gasteiger partial charge on any atom is -0.309 e. The number of aromatic nitrogens is 4. The van der Waals surface area contributed by atoms with Crippen molar-refractivity contribution < 1.29 is 0 Å². The van der Waals surface area contributed by atoms with Crippen LogP contribution in [0.4, 0.5) is 0 Å². The molecule has 4 nitrogen and oxygen atoms in total. The van der Waals surface area contributed by atoms with Crippen LogP contribution in [0.1, 0.15) is 0 Å². The Morgan fingerprint density at radius 3 is 1.59 bits per heavy atom. The molecule has 0 amide bonds. The summed E-state index contributed by atoms with van der Waals surface area (Å²) in [6.07, 6.45) is 0. The van der Waals surface area contributed by atoms with Gasteiger partial charge in [-0.2, -0.15) is 0 Å². The van der Waals surface area contributed by atoms with Gasteiger partial charge in [0.05, 0.1) is 11.0 Å². The predicted octanol–water partition coefficient (Wildman–Crippen LogP) is 11.5. The van der Waals surface area contributed by atoms with Crippen molar-refractivity contribution in [2.75, 3.05) is 0 Å². The molecule has 0 fully saturated rings. The fourth-order valence-electron chi connectivity index (χ4n) is 7.96. The van der Waals surface area contributed by atoms with Crippen LogP contribution in [0.2, 0.25) is 0 Å². The normalized spacial score (nSPS) is 12.1. The Hall–Kier alpha value is -6.65. The van der Waals surface area contributed by atoms with Gasteiger partial charge in [-0.3, -0.25) is 0 Å². The van der Waals surface area contributed by atoms with Gasteiger partial charge in [0.1, 0.15) is 0 Å². The van der Waals surface area contributed by atoms with E-state index in [1.165, 1.54) is 64.9 Å². The number of hydrogen-bond donors (Lipinski definition) is 0. The Labute approximate surface area is 281 Å². The lowest BCUT2D eigenvalue weighted by Gasteiger charge is -2.14. The fourth-order valence-corrected chi connectivity index (χ4v) is 7.96. The number of rotatable bonds is 4. The molecule has 9 aromatic carbocycles. The van der Waals surface area contributed by atoms with Crippen LogP contribution in [-0.4, -0.2) is 19.5 Å². The van der Waals surface area contributed by atoms with Crippen molar-refractivity contribution in [2.45, 2.75) is 0 Å². The van der Waals surface area contributed by atoms with Gasteiger partial charge in [-0.05, 0) is 68.7 Å². The summed E-state index contributed by atoms with van der Waals surface area (Å²) < 4.78 is 2.46. The third-order valence-electron chi connectivity index (χ3n) is 10.1. The van der Waals surface area contributed by atoms with Crippen molar-refractivity contribution in [2.24, 2.45) is 0 Å². The van der Waals surface area contributed by atoms with Gasteiger partial charge in [-0.25, -0.2) is 15.0 Å². The molecule has 0 saturated heterocycles. The lowest BCUT2D eigenvalue weighted by atomic mass is 9.88. The van der Waals surface area contributed by atoms with Crippen molar-refractivity contribution in [3.8, 4) is 39.9 Å². The first-order valence-electron chi connectivity index (χ1n) is 16.6. The SMILES string of the molecule is c1ccc(-c2nc(-c3ccccc3)nc(-c3ccc(-n4c5ccc6ccc7cccc8c9cc%10ccccc%10c4c9c5c6c78)cc3)n2)cc1. The molecule has 0 aliphatic carbocycles. The van der Waals surface area contributed by atoms with Gasteiger partial charge in [-0.15, -0.1) is 0 Å². The van der Waals surface area contributed by atoms with Gasteiger partial charge >= 0.3 is 0 Å². The highest BCUT2D eigenvalue weighted by Gasteiger charge is 2.24. The third-order valence-corrected chi connectivity index (χ3v) is 10.1. The Bertz CT molecular complexity index is 2960.